The largest absolute Gasteiger partial charge is 0.494 e. The van der Waals surface area contributed by atoms with Gasteiger partial charge in [-0.2, -0.15) is 4.31 Å². The maximum Gasteiger partial charge on any atom is 0.286 e. The summed E-state index contributed by atoms with van der Waals surface area (Å²) in [4.78, 5) is 12.6. The molecule has 2 heterocycles. The summed E-state index contributed by atoms with van der Waals surface area (Å²) in [5.74, 6) is -0.400. The Bertz CT molecular complexity index is 1210. The highest BCUT2D eigenvalue weighted by Crippen LogP contribution is 2.38. The number of hydrogen-bond acceptors (Lipinski definition) is 7. The first-order valence-corrected chi connectivity index (χ1v) is 12.3. The lowest BCUT2D eigenvalue weighted by Gasteiger charge is -2.22. The van der Waals surface area contributed by atoms with Crippen molar-refractivity contribution in [3.8, 4) is 5.75 Å². The number of carbonyl (C=O) groups is 1. The average Bonchev–Trinajstić information content (AvgIpc) is 3.44. The van der Waals surface area contributed by atoms with Gasteiger partial charge in [-0.1, -0.05) is 17.4 Å². The predicted molar refractivity (Wildman–Crippen MR) is 118 cm³/mol. The van der Waals surface area contributed by atoms with Crippen LogP contribution >= 0.6 is 11.3 Å². The molecule has 0 spiro atoms. The topological polar surface area (TPSA) is 101 Å². The molecule has 1 amide bonds. The van der Waals surface area contributed by atoms with Crippen molar-refractivity contribution in [1.82, 2.24) is 14.5 Å². The lowest BCUT2D eigenvalue weighted by Crippen LogP contribution is -2.30. The molecule has 1 atom stereocenters. The highest BCUT2D eigenvalue weighted by molar-refractivity contribution is 7.89. The van der Waals surface area contributed by atoms with Crippen molar-refractivity contribution >= 4 is 33.0 Å². The average molecular weight is 477 g/mol. The lowest BCUT2D eigenvalue weighted by atomic mass is 10.2. The first kappa shape index (κ1) is 22.3. The van der Waals surface area contributed by atoms with Gasteiger partial charge in [0.2, 0.25) is 15.0 Å². The molecule has 11 heteroatoms. The zero-order chi connectivity index (χ0) is 22.7. The van der Waals surface area contributed by atoms with Crippen molar-refractivity contribution in [1.29, 1.82) is 0 Å². The van der Waals surface area contributed by atoms with Gasteiger partial charge in [0.1, 0.15) is 16.6 Å². The summed E-state index contributed by atoms with van der Waals surface area (Å²) < 4.78 is 46.6. The third kappa shape index (κ3) is 4.64. The number of nitrogens with zero attached hydrogens (tertiary/aromatic N) is 3. The highest BCUT2D eigenvalue weighted by Gasteiger charge is 2.38. The zero-order valence-corrected chi connectivity index (χ0v) is 18.8. The summed E-state index contributed by atoms with van der Waals surface area (Å²) in [6, 6.07) is 11.3. The molecular formula is C21H21FN4O4S2. The van der Waals surface area contributed by atoms with Crippen molar-refractivity contribution in [2.75, 3.05) is 18.5 Å². The van der Waals surface area contributed by atoms with Gasteiger partial charge >= 0.3 is 0 Å². The predicted octanol–water partition coefficient (Wildman–Crippen LogP) is 3.85. The van der Waals surface area contributed by atoms with E-state index in [4.69, 9.17) is 4.74 Å². The number of aromatic nitrogens is 2. The Morgan fingerprint density at radius 1 is 1.25 bits per heavy atom. The number of hydrogen-bond donors (Lipinski definition) is 1. The molecule has 0 unspecified atom stereocenters. The number of sulfonamides is 1. The quantitative estimate of drug-likeness (QED) is 0.556. The van der Waals surface area contributed by atoms with Crippen LogP contribution < -0.4 is 10.1 Å². The second-order valence-corrected chi connectivity index (χ2v) is 9.99. The van der Waals surface area contributed by atoms with Gasteiger partial charge in [0.15, 0.2) is 0 Å². The van der Waals surface area contributed by atoms with Crippen molar-refractivity contribution in [3.05, 3.63) is 64.4 Å². The van der Waals surface area contributed by atoms with Crippen LogP contribution in [0.15, 0.2) is 53.4 Å². The number of rotatable bonds is 7. The van der Waals surface area contributed by atoms with Crippen molar-refractivity contribution in [2.45, 2.75) is 30.7 Å². The molecule has 1 aromatic heterocycles. The van der Waals surface area contributed by atoms with E-state index >= 15 is 0 Å². The minimum absolute atomic E-state index is 0.0783. The Balaban J connectivity index is 1.52. The Hall–Kier alpha value is -2.89. The van der Waals surface area contributed by atoms with E-state index in [1.165, 1.54) is 34.6 Å². The molecular weight excluding hydrogens is 455 g/mol. The van der Waals surface area contributed by atoms with Gasteiger partial charge in [-0.15, -0.1) is 10.2 Å². The first-order chi connectivity index (χ1) is 15.4. The van der Waals surface area contributed by atoms with Crippen LogP contribution in [0.3, 0.4) is 0 Å². The summed E-state index contributed by atoms with van der Waals surface area (Å²) in [6.45, 7) is 2.70. The third-order valence-corrected chi connectivity index (χ3v) is 7.89. The Morgan fingerprint density at radius 3 is 2.75 bits per heavy atom. The molecule has 0 aliphatic carbocycles. The summed E-state index contributed by atoms with van der Waals surface area (Å²) >= 11 is 1.03. The summed E-state index contributed by atoms with van der Waals surface area (Å²) in [7, 11) is -3.76. The van der Waals surface area contributed by atoms with E-state index in [0.29, 0.717) is 42.4 Å². The van der Waals surface area contributed by atoms with E-state index in [0.717, 1.165) is 11.3 Å². The van der Waals surface area contributed by atoms with Gasteiger partial charge < -0.3 is 10.1 Å². The molecule has 4 rings (SSSR count). The molecule has 1 fully saturated rings. The van der Waals surface area contributed by atoms with Crippen LogP contribution in [0, 0.1) is 5.82 Å². The van der Waals surface area contributed by atoms with Gasteiger partial charge in [-0.25, -0.2) is 12.8 Å². The summed E-state index contributed by atoms with van der Waals surface area (Å²) in [5.41, 5.74) is 0.298. The van der Waals surface area contributed by atoms with E-state index in [1.807, 2.05) is 6.92 Å². The second-order valence-electron chi connectivity index (χ2n) is 7.09. The Labute approximate surface area is 189 Å². The minimum Gasteiger partial charge on any atom is -0.494 e. The fraction of sp³-hybridized carbons (Fsp3) is 0.286. The fourth-order valence-corrected chi connectivity index (χ4v) is 6.11. The van der Waals surface area contributed by atoms with Crippen LogP contribution in [0.2, 0.25) is 0 Å². The molecule has 1 saturated heterocycles. The molecule has 1 aliphatic heterocycles. The van der Waals surface area contributed by atoms with Crippen LogP contribution in [0.1, 0.15) is 40.6 Å². The van der Waals surface area contributed by atoms with Gasteiger partial charge in [0, 0.05) is 12.2 Å². The highest BCUT2D eigenvalue weighted by atomic mass is 32.2. The van der Waals surface area contributed by atoms with Gasteiger partial charge in [-0.05, 0) is 62.2 Å². The van der Waals surface area contributed by atoms with E-state index in [-0.39, 0.29) is 9.90 Å². The Kier molecular flexibility index (Phi) is 6.49. The molecule has 1 N–H and O–H groups in total. The van der Waals surface area contributed by atoms with Crippen LogP contribution in [-0.2, 0) is 10.0 Å². The lowest BCUT2D eigenvalue weighted by molar-refractivity contribution is 0.102. The maximum absolute atomic E-state index is 13.3. The van der Waals surface area contributed by atoms with Crippen LogP contribution in [0.4, 0.5) is 10.1 Å². The number of halogens is 1. The molecule has 0 bridgehead atoms. The molecule has 0 radical (unpaired) electrons. The van der Waals surface area contributed by atoms with E-state index < -0.39 is 27.8 Å². The first-order valence-electron chi connectivity index (χ1n) is 10.0. The summed E-state index contributed by atoms with van der Waals surface area (Å²) in [6.07, 6.45) is 1.25. The number of amides is 1. The maximum atomic E-state index is 13.3. The normalized spacial score (nSPS) is 16.8. The van der Waals surface area contributed by atoms with Gasteiger partial charge in [0.05, 0.1) is 17.5 Å². The number of anilines is 1. The van der Waals surface area contributed by atoms with Crippen LogP contribution in [0.25, 0.3) is 0 Å². The zero-order valence-electron chi connectivity index (χ0n) is 17.2. The molecule has 8 nitrogen and oxygen atoms in total. The van der Waals surface area contributed by atoms with E-state index in [2.05, 4.69) is 15.5 Å². The second kappa shape index (κ2) is 9.31. The molecule has 1 aliphatic rings. The number of benzene rings is 2. The molecule has 0 saturated carbocycles. The number of ether oxygens (including phenoxy) is 1. The smallest absolute Gasteiger partial charge is 0.286 e. The van der Waals surface area contributed by atoms with Gasteiger partial charge in [-0.3, -0.25) is 4.79 Å². The standard InChI is InChI=1S/C21H21FN4O4S2/c1-2-30-16-8-10-17(11-9-16)32(28,29)26-12-4-7-18(26)20-24-25-21(31-20)19(27)23-15-6-3-5-14(22)13-15/h3,5-6,8-11,13,18H,2,4,7,12H2,1H3,(H,23,27)/t18-/m0/s1. The summed E-state index contributed by atoms with van der Waals surface area (Å²) in [5, 5.41) is 11.1. The number of carbonyl (C=O) groups excluding carboxylic acids is 1. The number of nitrogens with one attached hydrogen (secondary N) is 1. The molecule has 32 heavy (non-hydrogen) atoms. The van der Waals surface area contributed by atoms with Crippen molar-refractivity contribution in [3.63, 3.8) is 0 Å². The van der Waals surface area contributed by atoms with E-state index in [9.17, 15) is 17.6 Å². The third-order valence-electron chi connectivity index (χ3n) is 4.95. The Morgan fingerprint density at radius 2 is 2.03 bits per heavy atom. The monoisotopic (exact) mass is 476 g/mol. The fourth-order valence-electron chi connectivity index (χ4n) is 3.50. The molecule has 3 aromatic rings. The van der Waals surface area contributed by atoms with Crippen LogP contribution in [-0.4, -0.2) is 42.0 Å². The minimum atomic E-state index is -3.76. The van der Waals surface area contributed by atoms with Crippen LogP contribution in [0.5, 0.6) is 5.75 Å². The molecule has 2 aromatic carbocycles. The molecule has 168 valence electrons. The van der Waals surface area contributed by atoms with Crippen molar-refractivity contribution < 1.29 is 22.3 Å². The SMILES string of the molecule is CCOc1ccc(S(=O)(=O)N2CCC[C@H]2c2nnc(C(=O)Nc3cccc(F)c3)s2)cc1. The van der Waals surface area contributed by atoms with Gasteiger partial charge in [0.25, 0.3) is 5.91 Å². The van der Waals surface area contributed by atoms with E-state index in [1.54, 1.807) is 18.2 Å². The van der Waals surface area contributed by atoms with Crippen molar-refractivity contribution in [2.24, 2.45) is 0 Å².